The van der Waals surface area contributed by atoms with Gasteiger partial charge in [0.1, 0.15) is 5.82 Å². The van der Waals surface area contributed by atoms with Crippen molar-refractivity contribution in [3.05, 3.63) is 71.6 Å². The molecule has 0 spiro atoms. The van der Waals surface area contributed by atoms with Crippen LogP contribution >= 0.6 is 0 Å². The lowest BCUT2D eigenvalue weighted by Crippen LogP contribution is -2.09. The number of aryl methyl sites for hydroxylation is 3. The van der Waals surface area contributed by atoms with Gasteiger partial charge in [-0.3, -0.25) is 4.98 Å². The van der Waals surface area contributed by atoms with Gasteiger partial charge in [-0.15, -0.1) is 0 Å². The summed E-state index contributed by atoms with van der Waals surface area (Å²) >= 11 is 0. The molecule has 1 fully saturated rings. The summed E-state index contributed by atoms with van der Waals surface area (Å²) in [6.07, 6.45) is 4.61. The van der Waals surface area contributed by atoms with Gasteiger partial charge in [-0.2, -0.15) is 5.10 Å². The number of benzene rings is 1. The predicted molar refractivity (Wildman–Crippen MR) is 95.9 cm³/mol. The van der Waals surface area contributed by atoms with E-state index >= 15 is 0 Å². The SMILES string of the molecule is Cc1cc(-n2nc(CCc3ccccc3)nc2[C@H]2CCOC2)ccn1. The minimum Gasteiger partial charge on any atom is -0.381 e. The number of ether oxygens (including phenoxy) is 1. The van der Waals surface area contributed by atoms with Gasteiger partial charge in [0.15, 0.2) is 5.82 Å². The van der Waals surface area contributed by atoms with Crippen molar-refractivity contribution in [2.24, 2.45) is 0 Å². The molecule has 25 heavy (non-hydrogen) atoms. The molecule has 0 saturated carbocycles. The Morgan fingerprint density at radius 2 is 2.04 bits per heavy atom. The van der Waals surface area contributed by atoms with E-state index in [1.807, 2.05) is 29.9 Å². The monoisotopic (exact) mass is 334 g/mol. The van der Waals surface area contributed by atoms with Gasteiger partial charge in [0.05, 0.1) is 12.3 Å². The highest BCUT2D eigenvalue weighted by Gasteiger charge is 2.25. The fourth-order valence-electron chi connectivity index (χ4n) is 3.23. The van der Waals surface area contributed by atoms with Crippen molar-refractivity contribution in [1.82, 2.24) is 19.7 Å². The molecule has 3 aromatic rings. The van der Waals surface area contributed by atoms with E-state index in [4.69, 9.17) is 14.8 Å². The normalized spacial score (nSPS) is 17.1. The third kappa shape index (κ3) is 3.61. The van der Waals surface area contributed by atoms with Crippen LogP contribution in [0.3, 0.4) is 0 Å². The summed E-state index contributed by atoms with van der Waals surface area (Å²) in [6.45, 7) is 3.52. The van der Waals surface area contributed by atoms with Crippen LogP contribution in [0.5, 0.6) is 0 Å². The lowest BCUT2D eigenvalue weighted by molar-refractivity contribution is 0.193. The van der Waals surface area contributed by atoms with Crippen LogP contribution in [-0.4, -0.2) is 33.0 Å². The van der Waals surface area contributed by atoms with Gasteiger partial charge in [-0.25, -0.2) is 9.67 Å². The summed E-state index contributed by atoms with van der Waals surface area (Å²) in [4.78, 5) is 9.15. The summed E-state index contributed by atoms with van der Waals surface area (Å²) in [5, 5.41) is 4.80. The van der Waals surface area contributed by atoms with Crippen LogP contribution in [0.2, 0.25) is 0 Å². The topological polar surface area (TPSA) is 52.8 Å². The van der Waals surface area contributed by atoms with E-state index in [9.17, 15) is 0 Å². The Bertz CT molecular complexity index is 838. The first-order valence-corrected chi connectivity index (χ1v) is 8.80. The van der Waals surface area contributed by atoms with Gasteiger partial charge in [-0.1, -0.05) is 30.3 Å². The smallest absolute Gasteiger partial charge is 0.151 e. The Kier molecular flexibility index (Phi) is 4.57. The number of hydrogen-bond acceptors (Lipinski definition) is 4. The zero-order valence-electron chi connectivity index (χ0n) is 14.4. The Labute approximate surface area is 147 Å². The average molecular weight is 334 g/mol. The quantitative estimate of drug-likeness (QED) is 0.719. The molecular formula is C20H22N4O. The molecule has 0 bridgehead atoms. The molecule has 1 aliphatic heterocycles. The molecule has 2 aromatic heterocycles. The molecule has 128 valence electrons. The van der Waals surface area contributed by atoms with Gasteiger partial charge in [0.2, 0.25) is 0 Å². The molecule has 0 unspecified atom stereocenters. The summed E-state index contributed by atoms with van der Waals surface area (Å²) in [7, 11) is 0. The summed E-state index contributed by atoms with van der Waals surface area (Å²) in [5.74, 6) is 2.21. The molecule has 1 aliphatic rings. The van der Waals surface area contributed by atoms with Crippen molar-refractivity contribution < 1.29 is 4.74 Å². The molecule has 1 aromatic carbocycles. The summed E-state index contributed by atoms with van der Waals surface area (Å²) in [6, 6.07) is 14.5. The summed E-state index contributed by atoms with van der Waals surface area (Å²) in [5.41, 5.74) is 3.31. The van der Waals surface area contributed by atoms with Crippen LogP contribution in [-0.2, 0) is 17.6 Å². The first-order chi connectivity index (χ1) is 12.3. The van der Waals surface area contributed by atoms with Crippen LogP contribution in [0.4, 0.5) is 0 Å². The van der Waals surface area contributed by atoms with Crippen molar-refractivity contribution in [1.29, 1.82) is 0 Å². The lowest BCUT2D eigenvalue weighted by atomic mass is 10.1. The van der Waals surface area contributed by atoms with Gasteiger partial charge < -0.3 is 4.74 Å². The van der Waals surface area contributed by atoms with Gasteiger partial charge in [0, 0.05) is 30.8 Å². The molecule has 3 heterocycles. The maximum Gasteiger partial charge on any atom is 0.151 e. The van der Waals surface area contributed by atoms with Crippen LogP contribution in [0.15, 0.2) is 48.7 Å². The van der Waals surface area contributed by atoms with Crippen LogP contribution in [0.25, 0.3) is 5.69 Å². The molecule has 0 N–H and O–H groups in total. The van der Waals surface area contributed by atoms with Crippen molar-refractivity contribution >= 4 is 0 Å². The standard InChI is InChI=1S/C20H22N4O/c1-15-13-18(9-11-21-15)24-20(17-10-12-25-14-17)22-19(23-24)8-7-16-5-3-2-4-6-16/h2-6,9,11,13,17H,7-8,10,12,14H2,1H3/t17-/m0/s1. The van der Waals surface area contributed by atoms with Crippen molar-refractivity contribution in [2.45, 2.75) is 32.1 Å². The number of aromatic nitrogens is 4. The number of nitrogens with zero attached hydrogens (tertiary/aromatic N) is 4. The second-order valence-electron chi connectivity index (χ2n) is 6.50. The van der Waals surface area contributed by atoms with Gasteiger partial charge in [0.25, 0.3) is 0 Å². The van der Waals surface area contributed by atoms with Crippen molar-refractivity contribution in [3.8, 4) is 5.69 Å². The fraction of sp³-hybridized carbons (Fsp3) is 0.350. The largest absolute Gasteiger partial charge is 0.381 e. The minimum atomic E-state index is 0.312. The summed E-state index contributed by atoms with van der Waals surface area (Å²) < 4.78 is 7.55. The fourth-order valence-corrected chi connectivity index (χ4v) is 3.23. The second-order valence-corrected chi connectivity index (χ2v) is 6.50. The first-order valence-electron chi connectivity index (χ1n) is 8.80. The van der Waals surface area contributed by atoms with E-state index in [0.717, 1.165) is 55.5 Å². The van der Waals surface area contributed by atoms with E-state index in [-0.39, 0.29) is 0 Å². The highest BCUT2D eigenvalue weighted by molar-refractivity contribution is 5.32. The average Bonchev–Trinajstić information content (AvgIpc) is 3.30. The highest BCUT2D eigenvalue weighted by Crippen LogP contribution is 2.26. The maximum atomic E-state index is 5.57. The van der Waals surface area contributed by atoms with E-state index < -0.39 is 0 Å². The van der Waals surface area contributed by atoms with Crippen molar-refractivity contribution in [2.75, 3.05) is 13.2 Å². The molecule has 5 nitrogen and oxygen atoms in total. The third-order valence-corrected chi connectivity index (χ3v) is 4.58. The van der Waals surface area contributed by atoms with Crippen molar-refractivity contribution in [3.63, 3.8) is 0 Å². The van der Waals surface area contributed by atoms with E-state index in [0.29, 0.717) is 5.92 Å². The second kappa shape index (κ2) is 7.15. The zero-order chi connectivity index (χ0) is 17.1. The van der Waals surface area contributed by atoms with E-state index in [2.05, 4.69) is 35.3 Å². The first kappa shape index (κ1) is 16.0. The molecule has 4 rings (SSSR count). The van der Waals surface area contributed by atoms with Crippen LogP contribution in [0, 0.1) is 6.92 Å². The number of pyridine rings is 1. The molecule has 1 saturated heterocycles. The third-order valence-electron chi connectivity index (χ3n) is 4.58. The molecule has 0 amide bonds. The van der Waals surface area contributed by atoms with E-state index in [1.54, 1.807) is 0 Å². The van der Waals surface area contributed by atoms with Gasteiger partial charge >= 0.3 is 0 Å². The van der Waals surface area contributed by atoms with Crippen LogP contribution in [0.1, 0.15) is 35.2 Å². The Morgan fingerprint density at radius 3 is 2.80 bits per heavy atom. The number of rotatable bonds is 5. The Morgan fingerprint density at radius 1 is 1.16 bits per heavy atom. The molecule has 0 aliphatic carbocycles. The Hall–Kier alpha value is -2.53. The predicted octanol–water partition coefficient (Wildman–Crippen LogP) is 3.26. The van der Waals surface area contributed by atoms with Gasteiger partial charge in [-0.05, 0) is 37.5 Å². The number of hydrogen-bond donors (Lipinski definition) is 0. The Balaban J connectivity index is 1.63. The molecule has 1 atom stereocenters. The van der Waals surface area contributed by atoms with Crippen LogP contribution < -0.4 is 0 Å². The molecule has 5 heteroatoms. The highest BCUT2D eigenvalue weighted by atomic mass is 16.5. The van der Waals surface area contributed by atoms with E-state index in [1.165, 1.54) is 5.56 Å². The lowest BCUT2D eigenvalue weighted by Gasteiger charge is -2.10. The maximum absolute atomic E-state index is 5.57. The molecule has 0 radical (unpaired) electrons. The minimum absolute atomic E-state index is 0.312. The zero-order valence-corrected chi connectivity index (χ0v) is 14.4. The molecular weight excluding hydrogens is 312 g/mol.